The lowest BCUT2D eigenvalue weighted by molar-refractivity contribution is -0.126. The number of piperazine rings is 1. The van der Waals surface area contributed by atoms with Crippen LogP contribution in [-0.4, -0.2) is 41.9 Å². The van der Waals surface area contributed by atoms with Gasteiger partial charge in [0.25, 0.3) is 5.91 Å². The number of hydrogen-bond donors (Lipinski definition) is 1. The molecular weight excluding hydrogens is 253 g/mol. The number of halogens is 1. The Morgan fingerprint density at radius 1 is 1.26 bits per heavy atom. The maximum Gasteiger partial charge on any atom is 0.332 e. The van der Waals surface area contributed by atoms with Crippen LogP contribution in [-0.2, 0) is 9.59 Å². The fraction of sp³-hybridized carbons (Fsp3) is 0.250. The zero-order chi connectivity index (χ0) is 13.6. The van der Waals surface area contributed by atoms with Crippen LogP contribution in [0.1, 0.15) is 0 Å². The molecular formula is C12H10FN3O3. The fourth-order valence-electron chi connectivity index (χ4n) is 2.29. The molecule has 1 N–H and O–H groups in total. The Balaban J connectivity index is 1.97. The predicted octanol–water partition coefficient (Wildman–Crippen LogP) is 0.0927. The van der Waals surface area contributed by atoms with Gasteiger partial charge in [0.1, 0.15) is 18.4 Å². The van der Waals surface area contributed by atoms with Crippen LogP contribution in [0.15, 0.2) is 24.3 Å². The van der Waals surface area contributed by atoms with Crippen LogP contribution in [0.4, 0.5) is 14.9 Å². The van der Waals surface area contributed by atoms with Crippen molar-refractivity contribution in [3.63, 3.8) is 0 Å². The van der Waals surface area contributed by atoms with Crippen molar-refractivity contribution in [1.82, 2.24) is 10.2 Å². The van der Waals surface area contributed by atoms with Crippen molar-refractivity contribution >= 4 is 23.5 Å². The van der Waals surface area contributed by atoms with Crippen LogP contribution in [0.3, 0.4) is 0 Å². The molecule has 7 heteroatoms. The van der Waals surface area contributed by atoms with E-state index in [1.54, 1.807) is 0 Å². The van der Waals surface area contributed by atoms with Gasteiger partial charge >= 0.3 is 6.03 Å². The van der Waals surface area contributed by atoms with Crippen molar-refractivity contribution in [2.75, 3.05) is 18.0 Å². The van der Waals surface area contributed by atoms with Gasteiger partial charge in [0.15, 0.2) is 0 Å². The molecule has 1 atom stereocenters. The smallest absolute Gasteiger partial charge is 0.332 e. The summed E-state index contributed by atoms with van der Waals surface area (Å²) < 4.78 is 13.2. The standard InChI is InChI=1S/C12H10FN3O3/c13-7-2-1-3-8(4-7)16-11(18)9-5-14-10(17)6-15(9)12(16)19/h1-4,9H,5-6H2,(H,14,17). The number of nitrogens with zero attached hydrogens (tertiary/aromatic N) is 2. The molecule has 0 aliphatic carbocycles. The molecule has 0 bridgehead atoms. The summed E-state index contributed by atoms with van der Waals surface area (Å²) in [5, 5.41) is 2.53. The lowest BCUT2D eigenvalue weighted by atomic mass is 10.2. The topological polar surface area (TPSA) is 69.7 Å². The minimum absolute atomic E-state index is 0.0925. The Hall–Kier alpha value is -2.44. The summed E-state index contributed by atoms with van der Waals surface area (Å²) in [6, 6.07) is 3.96. The number of imide groups is 1. The van der Waals surface area contributed by atoms with Gasteiger partial charge in [0, 0.05) is 6.54 Å². The van der Waals surface area contributed by atoms with Crippen LogP contribution in [0.2, 0.25) is 0 Å². The predicted molar refractivity (Wildman–Crippen MR) is 62.8 cm³/mol. The van der Waals surface area contributed by atoms with E-state index in [0.29, 0.717) is 0 Å². The maximum atomic E-state index is 13.2. The minimum Gasteiger partial charge on any atom is -0.352 e. The minimum atomic E-state index is -0.700. The second-order valence-electron chi connectivity index (χ2n) is 4.38. The summed E-state index contributed by atoms with van der Waals surface area (Å²) in [6.45, 7) is -0.0592. The summed E-state index contributed by atoms with van der Waals surface area (Å²) in [5.74, 6) is -1.29. The van der Waals surface area contributed by atoms with E-state index in [1.165, 1.54) is 23.1 Å². The molecule has 2 saturated heterocycles. The molecule has 1 unspecified atom stereocenters. The number of hydrogen-bond acceptors (Lipinski definition) is 3. The molecule has 6 nitrogen and oxygen atoms in total. The van der Waals surface area contributed by atoms with E-state index in [1.807, 2.05) is 0 Å². The highest BCUT2D eigenvalue weighted by atomic mass is 19.1. The number of amides is 4. The van der Waals surface area contributed by atoms with Gasteiger partial charge in [-0.05, 0) is 18.2 Å². The van der Waals surface area contributed by atoms with Crippen molar-refractivity contribution in [3.8, 4) is 0 Å². The summed E-state index contributed by atoms with van der Waals surface area (Å²) in [6.07, 6.45) is 0. The van der Waals surface area contributed by atoms with Crippen molar-refractivity contribution in [1.29, 1.82) is 0 Å². The average molecular weight is 263 g/mol. The van der Waals surface area contributed by atoms with Crippen molar-refractivity contribution in [2.45, 2.75) is 6.04 Å². The highest BCUT2D eigenvalue weighted by molar-refractivity contribution is 6.22. The van der Waals surface area contributed by atoms with Gasteiger partial charge in [-0.2, -0.15) is 0 Å². The van der Waals surface area contributed by atoms with Crippen molar-refractivity contribution in [3.05, 3.63) is 30.1 Å². The van der Waals surface area contributed by atoms with Gasteiger partial charge < -0.3 is 10.2 Å². The normalized spacial score (nSPS) is 22.6. The van der Waals surface area contributed by atoms with E-state index < -0.39 is 23.8 Å². The van der Waals surface area contributed by atoms with Crippen LogP contribution in [0.5, 0.6) is 0 Å². The summed E-state index contributed by atoms with van der Waals surface area (Å²) in [4.78, 5) is 37.7. The van der Waals surface area contributed by atoms with E-state index in [4.69, 9.17) is 0 Å². The molecule has 2 aliphatic heterocycles. The van der Waals surface area contributed by atoms with Crippen molar-refractivity contribution in [2.24, 2.45) is 0 Å². The van der Waals surface area contributed by atoms with E-state index in [9.17, 15) is 18.8 Å². The van der Waals surface area contributed by atoms with Crippen molar-refractivity contribution < 1.29 is 18.8 Å². The Labute approximate surface area is 107 Å². The number of anilines is 1. The number of fused-ring (bicyclic) bond motifs is 1. The first-order chi connectivity index (χ1) is 9.08. The third-order valence-electron chi connectivity index (χ3n) is 3.19. The monoisotopic (exact) mass is 263 g/mol. The summed E-state index contributed by atoms with van der Waals surface area (Å²) in [5.41, 5.74) is 0.178. The van der Waals surface area contributed by atoms with E-state index in [0.717, 1.165) is 11.0 Å². The van der Waals surface area contributed by atoms with Gasteiger partial charge in [0.2, 0.25) is 5.91 Å². The molecule has 2 heterocycles. The van der Waals surface area contributed by atoms with E-state index in [2.05, 4.69) is 5.32 Å². The Morgan fingerprint density at radius 2 is 2.05 bits per heavy atom. The third kappa shape index (κ3) is 1.74. The zero-order valence-corrected chi connectivity index (χ0v) is 9.80. The molecule has 0 saturated carbocycles. The van der Waals surface area contributed by atoms with Gasteiger partial charge in [-0.3, -0.25) is 9.59 Å². The molecule has 2 aliphatic rings. The number of nitrogens with one attached hydrogen (secondary N) is 1. The number of benzene rings is 1. The highest BCUT2D eigenvalue weighted by Crippen LogP contribution is 2.26. The Kier molecular flexibility index (Phi) is 2.48. The average Bonchev–Trinajstić information content (AvgIpc) is 2.61. The SMILES string of the molecule is O=C1CN2C(=O)N(c3cccc(F)c3)C(=O)C2CN1. The molecule has 1 aromatic rings. The first-order valence-electron chi connectivity index (χ1n) is 5.75. The first kappa shape index (κ1) is 11.6. The van der Waals surface area contributed by atoms with Crippen LogP contribution in [0, 0.1) is 5.82 Å². The molecule has 0 radical (unpaired) electrons. The quantitative estimate of drug-likeness (QED) is 0.730. The van der Waals surface area contributed by atoms with Gasteiger partial charge in [0.05, 0.1) is 5.69 Å². The lowest BCUT2D eigenvalue weighted by Gasteiger charge is -2.26. The molecule has 98 valence electrons. The molecule has 3 rings (SSSR count). The third-order valence-corrected chi connectivity index (χ3v) is 3.19. The first-order valence-corrected chi connectivity index (χ1v) is 5.75. The molecule has 0 spiro atoms. The summed E-state index contributed by atoms with van der Waals surface area (Å²) >= 11 is 0. The van der Waals surface area contributed by atoms with Crippen LogP contribution < -0.4 is 10.2 Å². The molecule has 1 aromatic carbocycles. The van der Waals surface area contributed by atoms with Crippen LogP contribution >= 0.6 is 0 Å². The lowest BCUT2D eigenvalue weighted by Crippen LogP contribution is -2.54. The molecule has 4 amide bonds. The van der Waals surface area contributed by atoms with Crippen LogP contribution in [0.25, 0.3) is 0 Å². The number of carbonyl (C=O) groups excluding carboxylic acids is 3. The van der Waals surface area contributed by atoms with E-state index >= 15 is 0 Å². The largest absolute Gasteiger partial charge is 0.352 e. The molecule has 0 aromatic heterocycles. The fourth-order valence-corrected chi connectivity index (χ4v) is 2.29. The Morgan fingerprint density at radius 3 is 2.79 bits per heavy atom. The number of urea groups is 1. The van der Waals surface area contributed by atoms with E-state index in [-0.39, 0.29) is 24.7 Å². The number of carbonyl (C=O) groups is 3. The molecule has 2 fully saturated rings. The second kappa shape index (κ2) is 4.04. The second-order valence-corrected chi connectivity index (χ2v) is 4.38. The number of rotatable bonds is 1. The summed E-state index contributed by atoms with van der Waals surface area (Å²) in [7, 11) is 0. The van der Waals surface area contributed by atoms with Gasteiger partial charge in [-0.1, -0.05) is 6.07 Å². The molecule has 19 heavy (non-hydrogen) atoms. The van der Waals surface area contributed by atoms with Gasteiger partial charge in [-0.15, -0.1) is 0 Å². The Bertz CT molecular complexity index is 589. The van der Waals surface area contributed by atoms with Gasteiger partial charge in [-0.25, -0.2) is 14.1 Å². The maximum absolute atomic E-state index is 13.2. The zero-order valence-electron chi connectivity index (χ0n) is 9.80. The highest BCUT2D eigenvalue weighted by Gasteiger charge is 2.48.